The number of nitrogens with zero attached hydrogens (tertiary/aromatic N) is 4. The number of anilines is 1. The molecule has 0 amide bonds. The zero-order valence-corrected chi connectivity index (χ0v) is 11.9. The van der Waals surface area contributed by atoms with Crippen molar-refractivity contribution in [2.24, 2.45) is 5.73 Å². The van der Waals surface area contributed by atoms with Crippen LogP contribution >= 0.6 is 0 Å². The molecule has 0 aliphatic carbocycles. The molecule has 2 aliphatic heterocycles. The summed E-state index contributed by atoms with van der Waals surface area (Å²) in [6.07, 6.45) is 12.3. The number of hydrogen-bond acceptors (Lipinski definition) is 5. The molecular formula is C12H17N5O2S. The molecule has 1 aromatic rings. The SMILES string of the molecule is CS(=O)(=O)N1CC(n2cc(N3C=CC=CC3N)cn2)C1. The highest BCUT2D eigenvalue weighted by atomic mass is 32.2. The van der Waals surface area contributed by atoms with Crippen LogP contribution in [0.5, 0.6) is 0 Å². The van der Waals surface area contributed by atoms with Crippen molar-refractivity contribution in [1.82, 2.24) is 14.1 Å². The topological polar surface area (TPSA) is 84.5 Å². The zero-order chi connectivity index (χ0) is 14.3. The van der Waals surface area contributed by atoms with Gasteiger partial charge in [0, 0.05) is 25.5 Å². The molecule has 20 heavy (non-hydrogen) atoms. The molecule has 2 N–H and O–H groups in total. The third kappa shape index (κ3) is 2.37. The van der Waals surface area contributed by atoms with E-state index in [1.165, 1.54) is 10.6 Å². The number of aromatic nitrogens is 2. The van der Waals surface area contributed by atoms with Gasteiger partial charge >= 0.3 is 0 Å². The Balaban J connectivity index is 1.70. The average Bonchev–Trinajstić information content (AvgIpc) is 2.74. The van der Waals surface area contributed by atoms with Gasteiger partial charge in [0.1, 0.15) is 6.17 Å². The number of nitrogens with two attached hydrogens (primary N) is 1. The van der Waals surface area contributed by atoms with E-state index in [2.05, 4.69) is 5.10 Å². The standard InChI is InChI=1S/C12H17N5O2S/c1-20(18,19)15-7-11(8-15)17-9-10(6-14-17)16-5-3-2-4-12(16)13/h2-6,9,11-12H,7-8,13H2,1H3. The van der Waals surface area contributed by atoms with Gasteiger partial charge in [-0.15, -0.1) is 0 Å². The molecular weight excluding hydrogens is 278 g/mol. The molecule has 8 heteroatoms. The Hall–Kier alpha value is -1.64. The van der Waals surface area contributed by atoms with Crippen LogP contribution in [0.25, 0.3) is 0 Å². The van der Waals surface area contributed by atoms with Gasteiger partial charge in [0.05, 0.1) is 24.2 Å². The van der Waals surface area contributed by atoms with E-state index in [1.54, 1.807) is 10.9 Å². The first-order valence-electron chi connectivity index (χ1n) is 6.33. The first-order valence-corrected chi connectivity index (χ1v) is 8.18. The minimum atomic E-state index is -3.09. The largest absolute Gasteiger partial charge is 0.326 e. The number of rotatable bonds is 3. The minimum absolute atomic E-state index is 0.0963. The van der Waals surface area contributed by atoms with Crippen molar-refractivity contribution in [2.45, 2.75) is 12.2 Å². The van der Waals surface area contributed by atoms with Gasteiger partial charge in [-0.05, 0) is 12.2 Å². The lowest BCUT2D eigenvalue weighted by Gasteiger charge is -2.37. The third-order valence-electron chi connectivity index (χ3n) is 3.55. The van der Waals surface area contributed by atoms with Crippen LogP contribution in [0, 0.1) is 0 Å². The Morgan fingerprint density at radius 1 is 1.35 bits per heavy atom. The van der Waals surface area contributed by atoms with E-state index in [-0.39, 0.29) is 12.2 Å². The molecule has 0 bridgehead atoms. The second-order valence-corrected chi connectivity index (χ2v) is 7.02. The summed E-state index contributed by atoms with van der Waals surface area (Å²) in [7, 11) is -3.09. The van der Waals surface area contributed by atoms with E-state index < -0.39 is 10.0 Å². The summed E-state index contributed by atoms with van der Waals surface area (Å²) in [4.78, 5) is 1.91. The highest BCUT2D eigenvalue weighted by Gasteiger charge is 2.35. The van der Waals surface area contributed by atoms with Gasteiger partial charge in [-0.2, -0.15) is 9.40 Å². The van der Waals surface area contributed by atoms with Crippen molar-refractivity contribution < 1.29 is 8.42 Å². The fourth-order valence-electron chi connectivity index (χ4n) is 2.29. The van der Waals surface area contributed by atoms with E-state index in [1.807, 2.05) is 35.5 Å². The van der Waals surface area contributed by atoms with Crippen LogP contribution in [0.2, 0.25) is 0 Å². The molecule has 2 aliphatic rings. The molecule has 1 saturated heterocycles. The van der Waals surface area contributed by atoms with Crippen molar-refractivity contribution in [1.29, 1.82) is 0 Å². The number of allylic oxidation sites excluding steroid dienone is 2. The quantitative estimate of drug-likeness (QED) is 0.840. The van der Waals surface area contributed by atoms with Gasteiger partial charge in [0.15, 0.2) is 0 Å². The zero-order valence-electron chi connectivity index (χ0n) is 11.1. The summed E-state index contributed by atoms with van der Waals surface area (Å²) in [5.74, 6) is 0. The Morgan fingerprint density at radius 3 is 2.75 bits per heavy atom. The Bertz CT molecular complexity index is 657. The lowest BCUT2D eigenvalue weighted by Crippen LogP contribution is -2.50. The normalized spacial score (nSPS) is 24.1. The smallest absolute Gasteiger partial charge is 0.211 e. The molecule has 0 spiro atoms. The van der Waals surface area contributed by atoms with E-state index in [9.17, 15) is 8.42 Å². The van der Waals surface area contributed by atoms with Gasteiger partial charge in [0.25, 0.3) is 0 Å². The third-order valence-corrected chi connectivity index (χ3v) is 4.78. The monoisotopic (exact) mass is 295 g/mol. The fourth-order valence-corrected chi connectivity index (χ4v) is 3.17. The van der Waals surface area contributed by atoms with Crippen molar-refractivity contribution >= 4 is 15.7 Å². The van der Waals surface area contributed by atoms with Crippen LogP contribution in [0.1, 0.15) is 6.04 Å². The molecule has 7 nitrogen and oxygen atoms in total. The summed E-state index contributed by atoms with van der Waals surface area (Å²) in [6, 6.07) is 0.0963. The maximum absolute atomic E-state index is 11.3. The first-order chi connectivity index (χ1) is 9.45. The highest BCUT2D eigenvalue weighted by Crippen LogP contribution is 2.26. The summed E-state index contributed by atoms with van der Waals surface area (Å²) >= 11 is 0. The molecule has 0 aromatic carbocycles. The van der Waals surface area contributed by atoms with Gasteiger partial charge in [0.2, 0.25) is 10.0 Å². The second-order valence-electron chi connectivity index (χ2n) is 5.04. The molecule has 108 valence electrons. The molecule has 1 atom stereocenters. The van der Waals surface area contributed by atoms with Crippen LogP contribution in [-0.4, -0.2) is 48.0 Å². The van der Waals surface area contributed by atoms with Gasteiger partial charge in [-0.1, -0.05) is 6.08 Å². The molecule has 1 aromatic heterocycles. The summed E-state index contributed by atoms with van der Waals surface area (Å²) in [5, 5.41) is 4.30. The fraction of sp³-hybridized carbons (Fsp3) is 0.417. The van der Waals surface area contributed by atoms with E-state index >= 15 is 0 Å². The van der Waals surface area contributed by atoms with E-state index in [0.717, 1.165) is 5.69 Å². The van der Waals surface area contributed by atoms with Crippen LogP contribution in [0.15, 0.2) is 36.8 Å². The van der Waals surface area contributed by atoms with E-state index in [4.69, 9.17) is 5.73 Å². The summed E-state index contributed by atoms with van der Waals surface area (Å²) < 4.78 is 25.9. The highest BCUT2D eigenvalue weighted by molar-refractivity contribution is 7.88. The molecule has 0 saturated carbocycles. The molecule has 3 heterocycles. The van der Waals surface area contributed by atoms with Crippen molar-refractivity contribution in [3.05, 3.63) is 36.8 Å². The van der Waals surface area contributed by atoms with E-state index in [0.29, 0.717) is 13.1 Å². The second kappa shape index (κ2) is 4.72. The summed E-state index contributed by atoms with van der Waals surface area (Å²) in [5.41, 5.74) is 6.88. The lowest BCUT2D eigenvalue weighted by atomic mass is 10.2. The molecule has 0 radical (unpaired) electrons. The van der Waals surface area contributed by atoms with Gasteiger partial charge in [-0.25, -0.2) is 8.42 Å². The minimum Gasteiger partial charge on any atom is -0.326 e. The van der Waals surface area contributed by atoms with Gasteiger partial charge < -0.3 is 10.6 Å². The molecule has 3 rings (SSSR count). The summed E-state index contributed by atoms with van der Waals surface area (Å²) in [6.45, 7) is 0.948. The first kappa shape index (κ1) is 13.3. The number of hydrogen-bond donors (Lipinski definition) is 1. The van der Waals surface area contributed by atoms with Crippen molar-refractivity contribution in [2.75, 3.05) is 24.2 Å². The Labute approximate surface area is 118 Å². The van der Waals surface area contributed by atoms with Crippen LogP contribution in [0.4, 0.5) is 5.69 Å². The van der Waals surface area contributed by atoms with Crippen LogP contribution in [-0.2, 0) is 10.0 Å². The lowest BCUT2D eigenvalue weighted by molar-refractivity contribution is 0.192. The van der Waals surface area contributed by atoms with Crippen LogP contribution < -0.4 is 10.6 Å². The molecule has 1 fully saturated rings. The maximum atomic E-state index is 11.3. The predicted molar refractivity (Wildman–Crippen MR) is 76.4 cm³/mol. The Kier molecular flexibility index (Phi) is 3.15. The predicted octanol–water partition coefficient (Wildman–Crippen LogP) is -0.126. The van der Waals surface area contributed by atoms with Gasteiger partial charge in [-0.3, -0.25) is 4.68 Å². The van der Waals surface area contributed by atoms with Crippen molar-refractivity contribution in [3.8, 4) is 0 Å². The maximum Gasteiger partial charge on any atom is 0.211 e. The van der Waals surface area contributed by atoms with Crippen molar-refractivity contribution in [3.63, 3.8) is 0 Å². The molecule has 1 unspecified atom stereocenters. The average molecular weight is 295 g/mol. The Morgan fingerprint density at radius 2 is 2.10 bits per heavy atom. The van der Waals surface area contributed by atoms with Crippen LogP contribution in [0.3, 0.4) is 0 Å². The number of sulfonamides is 1.